The van der Waals surface area contributed by atoms with Gasteiger partial charge in [0, 0.05) is 12.3 Å². The van der Waals surface area contributed by atoms with Gasteiger partial charge in [-0.05, 0) is 19.1 Å². The maximum Gasteiger partial charge on any atom is 0.242 e. The van der Waals surface area contributed by atoms with Gasteiger partial charge in [-0.1, -0.05) is 0 Å². The summed E-state index contributed by atoms with van der Waals surface area (Å²) >= 11 is 1.29. The first-order valence-electron chi connectivity index (χ1n) is 6.31. The maximum absolute atomic E-state index is 11.5. The molecular formula is C13H17ClN4O3S. The van der Waals surface area contributed by atoms with E-state index in [9.17, 15) is 9.59 Å². The number of hydrogen-bond acceptors (Lipinski definition) is 6. The van der Waals surface area contributed by atoms with Crippen molar-refractivity contribution in [2.24, 2.45) is 5.73 Å². The molecule has 0 spiro atoms. The van der Waals surface area contributed by atoms with Crippen LogP contribution in [-0.2, 0) is 16.1 Å². The van der Waals surface area contributed by atoms with Crippen molar-refractivity contribution in [2.45, 2.75) is 26.4 Å². The van der Waals surface area contributed by atoms with Gasteiger partial charge in [0.1, 0.15) is 11.5 Å². The molecule has 22 heavy (non-hydrogen) atoms. The summed E-state index contributed by atoms with van der Waals surface area (Å²) < 4.78 is 5.58. The zero-order valence-electron chi connectivity index (χ0n) is 12.1. The lowest BCUT2D eigenvalue weighted by molar-refractivity contribution is -0.119. The Morgan fingerprint density at radius 1 is 1.45 bits per heavy atom. The van der Waals surface area contributed by atoms with Crippen LogP contribution in [-0.4, -0.2) is 22.8 Å². The molecule has 0 aliphatic heterocycles. The number of thiazole rings is 1. The van der Waals surface area contributed by atoms with Gasteiger partial charge in [-0.3, -0.25) is 9.59 Å². The molecule has 0 aromatic carbocycles. The van der Waals surface area contributed by atoms with Crippen LogP contribution in [0.3, 0.4) is 0 Å². The van der Waals surface area contributed by atoms with Crippen molar-refractivity contribution in [1.82, 2.24) is 10.3 Å². The van der Waals surface area contributed by atoms with E-state index >= 15 is 0 Å². The molecule has 0 fully saturated rings. The molecule has 9 heteroatoms. The second kappa shape index (κ2) is 7.92. The Kier molecular flexibility index (Phi) is 6.54. The molecule has 1 unspecified atom stereocenters. The maximum atomic E-state index is 11.5. The fourth-order valence-corrected chi connectivity index (χ4v) is 2.19. The molecule has 2 aromatic rings. The summed E-state index contributed by atoms with van der Waals surface area (Å²) in [6.45, 7) is 3.37. The number of aromatic nitrogens is 1. The van der Waals surface area contributed by atoms with Crippen molar-refractivity contribution < 1.29 is 14.0 Å². The molecule has 0 aliphatic carbocycles. The third kappa shape index (κ3) is 4.83. The van der Waals surface area contributed by atoms with Crippen LogP contribution in [0.25, 0.3) is 11.5 Å². The number of nitrogens with two attached hydrogens (primary N) is 1. The zero-order chi connectivity index (χ0) is 15.4. The highest BCUT2D eigenvalue weighted by Gasteiger charge is 2.13. The number of amides is 2. The Morgan fingerprint density at radius 2 is 2.18 bits per heavy atom. The second-order valence-electron chi connectivity index (χ2n) is 4.49. The van der Waals surface area contributed by atoms with Crippen molar-refractivity contribution in [3.05, 3.63) is 23.3 Å². The van der Waals surface area contributed by atoms with Gasteiger partial charge < -0.3 is 20.8 Å². The Labute approximate surface area is 137 Å². The number of nitrogens with zero attached hydrogens (tertiary/aromatic N) is 1. The van der Waals surface area contributed by atoms with E-state index in [0.717, 1.165) is 0 Å². The molecule has 0 radical (unpaired) electrons. The normalized spacial score (nSPS) is 11.4. The minimum atomic E-state index is -0.592. The number of halogens is 1. The molecule has 0 saturated heterocycles. The second-order valence-corrected chi connectivity index (χ2v) is 5.35. The summed E-state index contributed by atoms with van der Waals surface area (Å²) in [6, 6.07) is 2.94. The predicted molar refractivity (Wildman–Crippen MR) is 86.9 cm³/mol. The Balaban J connectivity index is 0.00000242. The molecule has 7 nitrogen and oxygen atoms in total. The zero-order valence-corrected chi connectivity index (χ0v) is 13.7. The Bertz CT molecular complexity index is 653. The van der Waals surface area contributed by atoms with Gasteiger partial charge in [-0.15, -0.1) is 23.7 Å². The van der Waals surface area contributed by atoms with E-state index in [1.165, 1.54) is 18.3 Å². The lowest BCUT2D eigenvalue weighted by atomic mass is 10.3. The van der Waals surface area contributed by atoms with Crippen LogP contribution in [0.5, 0.6) is 0 Å². The van der Waals surface area contributed by atoms with Crippen molar-refractivity contribution in [3.8, 4) is 11.5 Å². The summed E-state index contributed by atoms with van der Waals surface area (Å²) in [4.78, 5) is 26.6. The first kappa shape index (κ1) is 18.1. The molecule has 2 aromatic heterocycles. The monoisotopic (exact) mass is 344 g/mol. The van der Waals surface area contributed by atoms with Gasteiger partial charge in [0.05, 0.1) is 12.6 Å². The van der Waals surface area contributed by atoms with Crippen molar-refractivity contribution in [3.63, 3.8) is 0 Å². The molecule has 0 saturated carbocycles. The van der Waals surface area contributed by atoms with Crippen LogP contribution in [0.15, 0.2) is 21.9 Å². The largest absolute Gasteiger partial charge is 0.458 e. The van der Waals surface area contributed by atoms with Crippen LogP contribution in [0.1, 0.15) is 19.6 Å². The van der Waals surface area contributed by atoms with Crippen molar-refractivity contribution in [2.75, 3.05) is 5.32 Å². The number of carbonyl (C=O) groups is 2. The summed E-state index contributed by atoms with van der Waals surface area (Å²) in [5.74, 6) is 0.798. The van der Waals surface area contributed by atoms with E-state index in [4.69, 9.17) is 10.2 Å². The fraction of sp³-hybridized carbons (Fsp3) is 0.308. The lowest BCUT2D eigenvalue weighted by Gasteiger charge is -2.03. The van der Waals surface area contributed by atoms with Gasteiger partial charge >= 0.3 is 0 Å². The minimum Gasteiger partial charge on any atom is -0.458 e. The number of hydrogen-bond donors (Lipinski definition) is 3. The average Bonchev–Trinajstić information content (AvgIpc) is 3.04. The third-order valence-corrected chi connectivity index (χ3v) is 3.33. The highest BCUT2D eigenvalue weighted by Crippen LogP contribution is 2.26. The molecular weight excluding hydrogens is 328 g/mol. The van der Waals surface area contributed by atoms with Gasteiger partial charge in [-0.2, -0.15) is 0 Å². The number of nitrogens with one attached hydrogen (secondary N) is 2. The summed E-state index contributed by atoms with van der Waals surface area (Å²) in [5, 5.41) is 7.51. The highest BCUT2D eigenvalue weighted by molar-refractivity contribution is 7.14. The number of anilines is 1. The molecule has 4 N–H and O–H groups in total. The van der Waals surface area contributed by atoms with E-state index in [1.807, 2.05) is 0 Å². The quantitative estimate of drug-likeness (QED) is 0.765. The van der Waals surface area contributed by atoms with Gasteiger partial charge in [0.15, 0.2) is 10.9 Å². The average molecular weight is 345 g/mol. The van der Waals surface area contributed by atoms with Crippen LogP contribution in [0.4, 0.5) is 5.13 Å². The van der Waals surface area contributed by atoms with Crippen LogP contribution >= 0.6 is 23.7 Å². The van der Waals surface area contributed by atoms with Crippen LogP contribution in [0.2, 0.25) is 0 Å². The molecule has 1 atom stereocenters. The number of furan rings is 1. The van der Waals surface area contributed by atoms with Crippen LogP contribution < -0.4 is 16.4 Å². The molecule has 2 amide bonds. The van der Waals surface area contributed by atoms with Gasteiger partial charge in [0.2, 0.25) is 11.8 Å². The SMILES string of the molecule is CC(=O)NCc1ccc(-c2csc(NC(=O)C(C)N)n2)o1.Cl. The highest BCUT2D eigenvalue weighted by atomic mass is 35.5. The van der Waals surface area contributed by atoms with E-state index in [-0.39, 0.29) is 24.2 Å². The van der Waals surface area contributed by atoms with Crippen LogP contribution in [0, 0.1) is 0 Å². The molecule has 2 rings (SSSR count). The first-order valence-corrected chi connectivity index (χ1v) is 7.19. The van der Waals surface area contributed by atoms with E-state index in [1.54, 1.807) is 24.4 Å². The van der Waals surface area contributed by atoms with E-state index in [0.29, 0.717) is 28.9 Å². The van der Waals surface area contributed by atoms with E-state index in [2.05, 4.69) is 15.6 Å². The smallest absolute Gasteiger partial charge is 0.242 e. The minimum absolute atomic E-state index is 0. The summed E-state index contributed by atoms with van der Waals surface area (Å²) in [6.07, 6.45) is 0. The molecule has 0 bridgehead atoms. The number of carbonyl (C=O) groups excluding carboxylic acids is 2. The first-order chi connectivity index (χ1) is 9.95. The third-order valence-electron chi connectivity index (χ3n) is 2.57. The van der Waals surface area contributed by atoms with Gasteiger partial charge in [-0.25, -0.2) is 4.98 Å². The molecule has 2 heterocycles. The Hall–Kier alpha value is -1.90. The summed E-state index contributed by atoms with van der Waals surface area (Å²) in [5.41, 5.74) is 6.09. The van der Waals surface area contributed by atoms with Crippen molar-refractivity contribution in [1.29, 1.82) is 0 Å². The number of rotatable bonds is 5. The summed E-state index contributed by atoms with van der Waals surface area (Å²) in [7, 11) is 0. The van der Waals surface area contributed by atoms with Crippen molar-refractivity contribution >= 4 is 40.7 Å². The molecule has 120 valence electrons. The topological polar surface area (TPSA) is 110 Å². The molecule has 0 aliphatic rings. The fourth-order valence-electron chi connectivity index (χ4n) is 1.49. The predicted octanol–water partition coefficient (Wildman–Crippen LogP) is 1.75. The standard InChI is InChI=1S/C13H16N4O3S.ClH/c1-7(14)12(19)17-13-16-10(6-21-13)11-4-3-9(20-11)5-15-8(2)18;/h3-4,6-7H,5,14H2,1-2H3,(H,15,18)(H,16,17,19);1H. The van der Waals surface area contributed by atoms with E-state index < -0.39 is 6.04 Å². The Morgan fingerprint density at radius 3 is 2.82 bits per heavy atom. The van der Waals surface area contributed by atoms with Gasteiger partial charge in [0.25, 0.3) is 0 Å². The lowest BCUT2D eigenvalue weighted by Crippen LogP contribution is -2.32.